The molecule has 2 heterocycles. The Hall–Kier alpha value is -3.34. The van der Waals surface area contributed by atoms with Crippen molar-refractivity contribution in [3.63, 3.8) is 0 Å². The fourth-order valence-electron chi connectivity index (χ4n) is 2.26. The highest BCUT2D eigenvalue weighted by Crippen LogP contribution is 2.29. The topological polar surface area (TPSA) is 93.6 Å². The van der Waals surface area contributed by atoms with Crippen LogP contribution in [0.1, 0.15) is 17.2 Å². The van der Waals surface area contributed by atoms with Crippen LogP contribution in [0.15, 0.2) is 51.6 Å². The van der Waals surface area contributed by atoms with Crippen LogP contribution < -0.4 is 5.32 Å². The van der Waals surface area contributed by atoms with Crippen molar-refractivity contribution in [1.29, 1.82) is 0 Å². The van der Waals surface area contributed by atoms with Crippen LogP contribution in [-0.4, -0.2) is 28.3 Å². The number of urea groups is 1. The molecule has 8 nitrogen and oxygen atoms in total. The molecule has 28 heavy (non-hydrogen) atoms. The lowest BCUT2D eigenvalue weighted by molar-refractivity contribution is -0.159. The van der Waals surface area contributed by atoms with Crippen LogP contribution in [0.5, 0.6) is 0 Å². The number of amides is 2. The predicted molar refractivity (Wildman–Crippen MR) is 88.2 cm³/mol. The van der Waals surface area contributed by atoms with Crippen molar-refractivity contribution in [1.82, 2.24) is 20.5 Å². The molecule has 0 atom stereocenters. The van der Waals surface area contributed by atoms with E-state index < -0.39 is 18.1 Å². The molecular weight excluding hydrogens is 381 g/mol. The smallest absolute Gasteiger partial charge is 0.467 e. The highest BCUT2D eigenvalue weighted by molar-refractivity contribution is 5.73. The van der Waals surface area contributed by atoms with Crippen LogP contribution in [0.25, 0.3) is 11.4 Å². The standard InChI is InChI=1S/C17H15F3N4O4/c1-26-24(16(25)21-9-13-3-2-8-27-13)10-11-4-6-12(7-5-11)14-22-15(28-23-14)17(18,19)20/h2-8H,9-10H2,1H3,(H,21,25). The van der Waals surface area contributed by atoms with Gasteiger partial charge in [-0.2, -0.15) is 23.2 Å². The highest BCUT2D eigenvalue weighted by atomic mass is 19.4. The van der Waals surface area contributed by atoms with Crippen LogP contribution in [-0.2, 0) is 24.1 Å². The molecule has 148 valence electrons. The second-order valence-corrected chi connectivity index (χ2v) is 5.58. The number of halogens is 3. The number of benzene rings is 1. The summed E-state index contributed by atoms with van der Waals surface area (Å²) < 4.78 is 46.9. The van der Waals surface area contributed by atoms with E-state index in [1.165, 1.54) is 25.5 Å². The van der Waals surface area contributed by atoms with Gasteiger partial charge in [0.15, 0.2) is 0 Å². The van der Waals surface area contributed by atoms with Gasteiger partial charge in [-0.3, -0.25) is 4.84 Å². The van der Waals surface area contributed by atoms with Crippen molar-refractivity contribution in [3.8, 4) is 11.4 Å². The average Bonchev–Trinajstić information content (AvgIpc) is 3.36. The molecule has 0 radical (unpaired) electrons. The van der Waals surface area contributed by atoms with Crippen molar-refractivity contribution in [3.05, 3.63) is 59.9 Å². The number of carbonyl (C=O) groups excluding carboxylic acids is 1. The number of carbonyl (C=O) groups is 1. The molecule has 0 aliphatic heterocycles. The fourth-order valence-corrected chi connectivity index (χ4v) is 2.26. The second kappa shape index (κ2) is 8.13. The van der Waals surface area contributed by atoms with Crippen LogP contribution in [0.3, 0.4) is 0 Å². The molecule has 0 unspecified atom stereocenters. The summed E-state index contributed by atoms with van der Waals surface area (Å²) in [6.07, 6.45) is -3.20. The molecule has 0 bridgehead atoms. The molecule has 0 fully saturated rings. The van der Waals surface area contributed by atoms with Gasteiger partial charge >= 0.3 is 18.1 Å². The van der Waals surface area contributed by atoms with E-state index in [0.717, 1.165) is 5.06 Å². The van der Waals surface area contributed by atoms with E-state index in [1.807, 2.05) is 0 Å². The molecule has 0 aliphatic rings. The average molecular weight is 396 g/mol. The van der Waals surface area contributed by atoms with E-state index in [2.05, 4.69) is 20.0 Å². The van der Waals surface area contributed by atoms with E-state index in [4.69, 9.17) is 9.25 Å². The number of nitrogens with one attached hydrogen (secondary N) is 1. The second-order valence-electron chi connectivity index (χ2n) is 5.58. The minimum Gasteiger partial charge on any atom is -0.467 e. The van der Waals surface area contributed by atoms with Crippen molar-refractivity contribution >= 4 is 6.03 Å². The van der Waals surface area contributed by atoms with Gasteiger partial charge in [0.05, 0.1) is 26.5 Å². The third-order valence-corrected chi connectivity index (χ3v) is 3.65. The highest BCUT2D eigenvalue weighted by Gasteiger charge is 2.38. The van der Waals surface area contributed by atoms with Crippen LogP contribution >= 0.6 is 0 Å². The van der Waals surface area contributed by atoms with Crippen LogP contribution in [0.2, 0.25) is 0 Å². The van der Waals surface area contributed by atoms with Gasteiger partial charge in [-0.05, 0) is 17.7 Å². The number of furan rings is 1. The van der Waals surface area contributed by atoms with Gasteiger partial charge in [-0.25, -0.2) is 4.79 Å². The molecule has 11 heteroatoms. The lowest BCUT2D eigenvalue weighted by Crippen LogP contribution is -2.38. The number of rotatable bonds is 6. The van der Waals surface area contributed by atoms with Gasteiger partial charge in [0.1, 0.15) is 5.76 Å². The Labute approximate surface area is 156 Å². The minimum absolute atomic E-state index is 0.112. The summed E-state index contributed by atoms with van der Waals surface area (Å²) in [7, 11) is 1.35. The van der Waals surface area contributed by atoms with Crippen LogP contribution in [0.4, 0.5) is 18.0 Å². The first-order chi connectivity index (χ1) is 13.4. The molecule has 2 amide bonds. The lowest BCUT2D eigenvalue weighted by atomic mass is 10.1. The number of aromatic nitrogens is 2. The number of hydrogen-bond donors (Lipinski definition) is 1. The number of hydrogen-bond acceptors (Lipinski definition) is 6. The zero-order valence-electron chi connectivity index (χ0n) is 14.6. The van der Waals surface area contributed by atoms with Crippen molar-refractivity contribution in [2.75, 3.05) is 7.11 Å². The summed E-state index contributed by atoms with van der Waals surface area (Å²) in [4.78, 5) is 20.6. The Morgan fingerprint density at radius 3 is 2.57 bits per heavy atom. The number of hydroxylamine groups is 2. The van der Waals surface area contributed by atoms with E-state index in [-0.39, 0.29) is 18.9 Å². The van der Waals surface area contributed by atoms with Gasteiger partial charge in [-0.1, -0.05) is 29.4 Å². The van der Waals surface area contributed by atoms with E-state index in [0.29, 0.717) is 16.9 Å². The molecular formula is C17H15F3N4O4. The summed E-state index contributed by atoms with van der Waals surface area (Å²) in [5, 5.41) is 7.05. The summed E-state index contributed by atoms with van der Waals surface area (Å²) in [6, 6.07) is 9.23. The molecule has 0 aliphatic carbocycles. The molecule has 0 saturated carbocycles. The Balaban J connectivity index is 1.62. The maximum absolute atomic E-state index is 12.5. The number of alkyl halides is 3. The van der Waals surface area contributed by atoms with E-state index >= 15 is 0 Å². The first-order valence-corrected chi connectivity index (χ1v) is 7.99. The maximum atomic E-state index is 12.5. The molecule has 0 saturated heterocycles. The first-order valence-electron chi connectivity index (χ1n) is 7.99. The predicted octanol–water partition coefficient (Wildman–Crippen LogP) is 3.62. The maximum Gasteiger partial charge on any atom is 0.471 e. The normalized spacial score (nSPS) is 11.4. The Kier molecular flexibility index (Phi) is 5.64. The zero-order chi connectivity index (χ0) is 20.1. The lowest BCUT2D eigenvalue weighted by Gasteiger charge is -2.20. The Morgan fingerprint density at radius 1 is 1.25 bits per heavy atom. The third kappa shape index (κ3) is 4.68. The monoisotopic (exact) mass is 396 g/mol. The van der Waals surface area contributed by atoms with Crippen molar-refractivity contribution < 1.29 is 31.7 Å². The minimum atomic E-state index is -4.70. The van der Waals surface area contributed by atoms with Gasteiger partial charge in [0.2, 0.25) is 5.82 Å². The first kappa shape index (κ1) is 19.4. The molecule has 3 rings (SSSR count). The van der Waals surface area contributed by atoms with Crippen molar-refractivity contribution in [2.24, 2.45) is 0 Å². The molecule has 1 aromatic carbocycles. The van der Waals surface area contributed by atoms with Gasteiger partial charge in [0, 0.05) is 5.56 Å². The molecule has 1 N–H and O–H groups in total. The van der Waals surface area contributed by atoms with Gasteiger partial charge < -0.3 is 14.3 Å². The SMILES string of the molecule is CON(Cc1ccc(-c2noc(C(F)(F)F)n2)cc1)C(=O)NCc1ccco1. The van der Waals surface area contributed by atoms with Gasteiger partial charge in [0.25, 0.3) is 0 Å². The third-order valence-electron chi connectivity index (χ3n) is 3.65. The van der Waals surface area contributed by atoms with Crippen LogP contribution in [0, 0.1) is 0 Å². The zero-order valence-corrected chi connectivity index (χ0v) is 14.6. The summed E-state index contributed by atoms with van der Waals surface area (Å²) in [6.45, 7) is 0.310. The van der Waals surface area contributed by atoms with E-state index in [9.17, 15) is 18.0 Å². The van der Waals surface area contributed by atoms with Gasteiger partial charge in [-0.15, -0.1) is 0 Å². The Morgan fingerprint density at radius 2 is 2.00 bits per heavy atom. The largest absolute Gasteiger partial charge is 0.471 e. The summed E-state index contributed by atoms with van der Waals surface area (Å²) in [5.74, 6) is -1.00. The van der Waals surface area contributed by atoms with E-state index in [1.54, 1.807) is 24.3 Å². The fraction of sp³-hybridized carbons (Fsp3) is 0.235. The van der Waals surface area contributed by atoms with Crippen molar-refractivity contribution in [2.45, 2.75) is 19.3 Å². The molecule has 3 aromatic rings. The quantitative estimate of drug-likeness (QED) is 0.640. The Bertz CT molecular complexity index is 907. The summed E-state index contributed by atoms with van der Waals surface area (Å²) >= 11 is 0. The molecule has 0 spiro atoms. The molecule has 2 aromatic heterocycles. The number of nitrogens with zero attached hydrogens (tertiary/aromatic N) is 3. The summed E-state index contributed by atoms with van der Waals surface area (Å²) in [5.41, 5.74) is 1.02.